The Hall–Kier alpha value is -2.41. The second kappa shape index (κ2) is 6.36. The van der Waals surface area contributed by atoms with Crippen molar-refractivity contribution in [2.24, 2.45) is 0 Å². The predicted molar refractivity (Wildman–Crippen MR) is 78.6 cm³/mol. The van der Waals surface area contributed by atoms with E-state index in [0.29, 0.717) is 22.0 Å². The number of aryl methyl sites for hydroxylation is 1. The first-order valence-electron chi connectivity index (χ1n) is 6.12. The van der Waals surface area contributed by atoms with Crippen molar-refractivity contribution in [3.8, 4) is 5.75 Å². The molecule has 0 fully saturated rings. The molecule has 0 bridgehead atoms. The van der Waals surface area contributed by atoms with Gasteiger partial charge in [-0.15, -0.1) is 11.3 Å². The van der Waals surface area contributed by atoms with E-state index in [1.807, 2.05) is 0 Å². The van der Waals surface area contributed by atoms with Crippen LogP contribution in [0.2, 0.25) is 0 Å². The van der Waals surface area contributed by atoms with Gasteiger partial charge >= 0.3 is 5.97 Å². The third-order valence-corrected chi connectivity index (χ3v) is 3.60. The molecule has 1 aromatic heterocycles. The third-order valence-electron chi connectivity index (χ3n) is 2.80. The number of nitrogens with zero attached hydrogens (tertiary/aromatic N) is 1. The molecule has 0 aliphatic carbocycles. The average molecular weight is 306 g/mol. The second-order valence-electron chi connectivity index (χ2n) is 4.35. The fraction of sp³-hybridized carbons (Fsp3) is 0.214. The van der Waals surface area contributed by atoms with Crippen LogP contribution < -0.4 is 5.32 Å². The number of anilines is 1. The van der Waals surface area contributed by atoms with Gasteiger partial charge in [0.15, 0.2) is 5.13 Å². The molecule has 0 atom stereocenters. The molecule has 0 radical (unpaired) electrons. The van der Waals surface area contributed by atoms with Crippen LogP contribution in [0, 0.1) is 6.92 Å². The molecule has 21 heavy (non-hydrogen) atoms. The van der Waals surface area contributed by atoms with Gasteiger partial charge in [0.1, 0.15) is 5.75 Å². The molecule has 1 amide bonds. The molecule has 0 unspecified atom stereocenters. The van der Waals surface area contributed by atoms with Crippen LogP contribution in [0.15, 0.2) is 23.6 Å². The van der Waals surface area contributed by atoms with Gasteiger partial charge in [0, 0.05) is 10.9 Å². The SMILES string of the molecule is COC(=O)Cc1csc(NC(=O)c2ccc(C)c(O)c2)n1. The summed E-state index contributed by atoms with van der Waals surface area (Å²) in [6.07, 6.45) is 0.0637. The van der Waals surface area contributed by atoms with Gasteiger partial charge in [-0.3, -0.25) is 14.9 Å². The summed E-state index contributed by atoms with van der Waals surface area (Å²) in [5, 5.41) is 14.3. The fourth-order valence-corrected chi connectivity index (χ4v) is 2.29. The highest BCUT2D eigenvalue weighted by atomic mass is 32.1. The van der Waals surface area contributed by atoms with E-state index in [4.69, 9.17) is 0 Å². The molecule has 0 saturated heterocycles. The summed E-state index contributed by atoms with van der Waals surface area (Å²) in [7, 11) is 1.31. The van der Waals surface area contributed by atoms with Crippen molar-refractivity contribution in [3.05, 3.63) is 40.4 Å². The maximum Gasteiger partial charge on any atom is 0.311 e. The molecule has 1 aromatic carbocycles. The summed E-state index contributed by atoms with van der Waals surface area (Å²) in [6, 6.07) is 4.68. The predicted octanol–water partition coefficient (Wildman–Crippen LogP) is 2.12. The highest BCUT2D eigenvalue weighted by molar-refractivity contribution is 7.14. The summed E-state index contributed by atoms with van der Waals surface area (Å²) in [6.45, 7) is 1.75. The van der Waals surface area contributed by atoms with Gasteiger partial charge < -0.3 is 9.84 Å². The van der Waals surface area contributed by atoms with E-state index in [1.165, 1.54) is 24.5 Å². The number of aromatic nitrogens is 1. The Bertz CT molecular complexity index is 681. The normalized spacial score (nSPS) is 10.2. The van der Waals surface area contributed by atoms with Crippen molar-refractivity contribution in [3.63, 3.8) is 0 Å². The molecule has 0 saturated carbocycles. The minimum atomic E-state index is -0.387. The van der Waals surface area contributed by atoms with Gasteiger partial charge in [-0.2, -0.15) is 0 Å². The van der Waals surface area contributed by atoms with Gasteiger partial charge in [0.2, 0.25) is 0 Å². The molecular formula is C14H14N2O4S. The molecule has 0 aliphatic rings. The van der Waals surface area contributed by atoms with Crippen molar-refractivity contribution in [2.45, 2.75) is 13.3 Å². The van der Waals surface area contributed by atoms with E-state index >= 15 is 0 Å². The number of aromatic hydroxyl groups is 1. The Kier molecular flexibility index (Phi) is 4.54. The third kappa shape index (κ3) is 3.79. The van der Waals surface area contributed by atoms with Crippen molar-refractivity contribution in [1.82, 2.24) is 4.98 Å². The van der Waals surface area contributed by atoms with Gasteiger partial charge in [-0.25, -0.2) is 4.98 Å². The van der Waals surface area contributed by atoms with Gasteiger partial charge in [-0.05, 0) is 24.6 Å². The van der Waals surface area contributed by atoms with E-state index in [9.17, 15) is 14.7 Å². The van der Waals surface area contributed by atoms with Gasteiger partial charge in [0.25, 0.3) is 5.91 Å². The first kappa shape index (κ1) is 15.0. The number of thiazole rings is 1. The average Bonchev–Trinajstić information content (AvgIpc) is 2.88. The first-order valence-corrected chi connectivity index (χ1v) is 6.99. The molecule has 0 aliphatic heterocycles. The minimum absolute atomic E-state index is 0.0631. The lowest BCUT2D eigenvalue weighted by Gasteiger charge is -2.04. The van der Waals surface area contributed by atoms with E-state index < -0.39 is 0 Å². The topological polar surface area (TPSA) is 88.5 Å². The lowest BCUT2D eigenvalue weighted by molar-refractivity contribution is -0.139. The number of amides is 1. The number of methoxy groups -OCH3 is 1. The number of phenols is 1. The zero-order valence-corrected chi connectivity index (χ0v) is 12.4. The summed E-state index contributed by atoms with van der Waals surface area (Å²) in [4.78, 5) is 27.3. The number of nitrogens with one attached hydrogen (secondary N) is 1. The smallest absolute Gasteiger partial charge is 0.311 e. The van der Waals surface area contributed by atoms with Crippen molar-refractivity contribution < 1.29 is 19.4 Å². The monoisotopic (exact) mass is 306 g/mol. The van der Waals surface area contributed by atoms with E-state index in [2.05, 4.69) is 15.0 Å². The molecule has 1 heterocycles. The Morgan fingerprint density at radius 3 is 2.86 bits per heavy atom. The summed E-state index contributed by atoms with van der Waals surface area (Å²) in [5.41, 5.74) is 1.57. The van der Waals surface area contributed by atoms with Crippen LogP contribution in [0.1, 0.15) is 21.6 Å². The van der Waals surface area contributed by atoms with E-state index in [0.717, 1.165) is 0 Å². The van der Waals surface area contributed by atoms with Crippen LogP contribution in [0.25, 0.3) is 0 Å². The Labute approximate surface area is 125 Å². The minimum Gasteiger partial charge on any atom is -0.508 e. The fourth-order valence-electron chi connectivity index (χ4n) is 1.59. The number of esters is 1. The number of benzene rings is 1. The lowest BCUT2D eigenvalue weighted by Crippen LogP contribution is -2.12. The van der Waals surface area contributed by atoms with E-state index in [1.54, 1.807) is 24.4 Å². The molecule has 6 nitrogen and oxygen atoms in total. The summed E-state index contributed by atoms with van der Waals surface area (Å²) >= 11 is 1.22. The molecule has 2 N–H and O–H groups in total. The number of ether oxygens (including phenoxy) is 1. The number of hydrogen-bond donors (Lipinski definition) is 2. The van der Waals surface area contributed by atoms with Crippen LogP contribution in [-0.2, 0) is 16.0 Å². The molecule has 7 heteroatoms. The lowest BCUT2D eigenvalue weighted by atomic mass is 10.1. The number of hydrogen-bond acceptors (Lipinski definition) is 6. The molecule has 110 valence electrons. The van der Waals surface area contributed by atoms with Crippen LogP contribution in [0.3, 0.4) is 0 Å². The van der Waals surface area contributed by atoms with Gasteiger partial charge in [0.05, 0.1) is 19.2 Å². The second-order valence-corrected chi connectivity index (χ2v) is 5.21. The summed E-state index contributed by atoms with van der Waals surface area (Å²) in [5.74, 6) is -0.695. The summed E-state index contributed by atoms with van der Waals surface area (Å²) < 4.78 is 4.55. The number of carbonyl (C=O) groups is 2. The van der Waals surface area contributed by atoms with Crippen LogP contribution in [0.5, 0.6) is 5.75 Å². The Morgan fingerprint density at radius 2 is 2.19 bits per heavy atom. The first-order chi connectivity index (χ1) is 9.99. The largest absolute Gasteiger partial charge is 0.508 e. The number of rotatable bonds is 4. The standard InChI is InChI=1S/C14H14N2O4S/c1-8-3-4-9(5-11(8)17)13(19)16-14-15-10(7-21-14)6-12(18)20-2/h3-5,7,17H,6H2,1-2H3,(H,15,16,19). The zero-order chi connectivity index (χ0) is 15.4. The zero-order valence-electron chi connectivity index (χ0n) is 11.5. The Balaban J connectivity index is 2.05. The van der Waals surface area contributed by atoms with Gasteiger partial charge in [-0.1, -0.05) is 6.07 Å². The van der Waals surface area contributed by atoms with Crippen molar-refractivity contribution in [2.75, 3.05) is 12.4 Å². The maximum absolute atomic E-state index is 12.0. The molecule has 2 rings (SSSR count). The highest BCUT2D eigenvalue weighted by Gasteiger charge is 2.12. The van der Waals surface area contributed by atoms with Crippen molar-refractivity contribution >= 4 is 28.3 Å². The number of phenolic OH excluding ortho intramolecular Hbond substituents is 1. The van der Waals surface area contributed by atoms with Crippen LogP contribution >= 0.6 is 11.3 Å². The maximum atomic E-state index is 12.0. The molecular weight excluding hydrogens is 292 g/mol. The molecule has 0 spiro atoms. The quantitative estimate of drug-likeness (QED) is 0.845. The highest BCUT2D eigenvalue weighted by Crippen LogP contribution is 2.20. The van der Waals surface area contributed by atoms with Crippen LogP contribution in [0.4, 0.5) is 5.13 Å². The number of carbonyl (C=O) groups excluding carboxylic acids is 2. The van der Waals surface area contributed by atoms with E-state index in [-0.39, 0.29) is 24.0 Å². The molecule has 2 aromatic rings. The van der Waals surface area contributed by atoms with Crippen LogP contribution in [-0.4, -0.2) is 29.1 Å². The van der Waals surface area contributed by atoms with Crippen molar-refractivity contribution in [1.29, 1.82) is 0 Å². The Morgan fingerprint density at radius 1 is 1.43 bits per heavy atom.